The number of sulfone groups is 1. The second-order valence-corrected chi connectivity index (χ2v) is 6.86. The number of benzene rings is 1. The maximum atomic E-state index is 12.1. The van der Waals surface area contributed by atoms with Gasteiger partial charge in [0.15, 0.2) is 9.84 Å². The highest BCUT2D eigenvalue weighted by Crippen LogP contribution is 2.22. The van der Waals surface area contributed by atoms with E-state index >= 15 is 0 Å². The minimum atomic E-state index is -3.27. The average molecular weight is 298 g/mol. The molecule has 0 heterocycles. The fraction of sp³-hybridized carbons (Fsp3) is 0.500. The van der Waals surface area contributed by atoms with Crippen LogP contribution in [0.5, 0.6) is 0 Å². The van der Waals surface area contributed by atoms with Crippen LogP contribution >= 0.6 is 0 Å². The topological polar surface area (TPSA) is 66.5 Å². The molecule has 0 aliphatic carbocycles. The van der Waals surface area contributed by atoms with Crippen molar-refractivity contribution >= 4 is 21.4 Å². The third-order valence-corrected chi connectivity index (χ3v) is 4.82. The van der Waals surface area contributed by atoms with Gasteiger partial charge in [-0.3, -0.25) is 4.79 Å². The Morgan fingerprint density at radius 3 is 2.50 bits per heavy atom. The van der Waals surface area contributed by atoms with Crippen LogP contribution in [0.3, 0.4) is 0 Å². The van der Waals surface area contributed by atoms with Gasteiger partial charge in [0.05, 0.1) is 16.3 Å². The number of hydrogen-bond acceptors (Lipinski definition) is 4. The number of anilines is 1. The van der Waals surface area contributed by atoms with E-state index in [0.29, 0.717) is 30.0 Å². The Morgan fingerprint density at radius 1 is 1.25 bits per heavy atom. The molecule has 1 aromatic rings. The number of rotatable bonds is 7. The molecule has 20 heavy (non-hydrogen) atoms. The second kappa shape index (κ2) is 7.28. The molecule has 0 atom stereocenters. The first-order valence-corrected chi connectivity index (χ1v) is 8.29. The maximum absolute atomic E-state index is 12.1. The lowest BCUT2D eigenvalue weighted by molar-refractivity contribution is -0.128. The summed E-state index contributed by atoms with van der Waals surface area (Å²) in [5.41, 5.74) is 0.563. The Hall–Kier alpha value is -1.56. The zero-order valence-electron chi connectivity index (χ0n) is 12.2. The fourth-order valence-electron chi connectivity index (χ4n) is 1.79. The molecule has 1 N–H and O–H groups in total. The molecule has 0 aliphatic rings. The molecule has 6 heteroatoms. The van der Waals surface area contributed by atoms with Gasteiger partial charge in [0.2, 0.25) is 5.91 Å². The second-order valence-electron chi connectivity index (χ2n) is 4.78. The highest BCUT2D eigenvalue weighted by molar-refractivity contribution is 7.91. The molecule has 0 fully saturated rings. The molecule has 0 radical (unpaired) electrons. The Labute approximate surface area is 120 Å². The van der Waals surface area contributed by atoms with Crippen LogP contribution in [-0.2, 0) is 14.6 Å². The van der Waals surface area contributed by atoms with Crippen LogP contribution in [0, 0.1) is 0 Å². The van der Waals surface area contributed by atoms with E-state index in [2.05, 4.69) is 5.32 Å². The van der Waals surface area contributed by atoms with E-state index in [1.807, 2.05) is 6.92 Å². The van der Waals surface area contributed by atoms with E-state index in [0.717, 1.165) is 0 Å². The van der Waals surface area contributed by atoms with E-state index in [-0.39, 0.29) is 11.7 Å². The van der Waals surface area contributed by atoms with Crippen molar-refractivity contribution in [1.82, 2.24) is 4.90 Å². The molecule has 0 spiro atoms. The van der Waals surface area contributed by atoms with Crippen LogP contribution in [0.15, 0.2) is 29.2 Å². The lowest BCUT2D eigenvalue weighted by atomic mass is 10.3. The third-order valence-electron chi connectivity index (χ3n) is 2.85. The number of nitrogens with one attached hydrogen (secondary N) is 1. The van der Waals surface area contributed by atoms with Crippen molar-refractivity contribution in [2.45, 2.75) is 24.7 Å². The Balaban J connectivity index is 2.79. The van der Waals surface area contributed by atoms with Gasteiger partial charge in [-0.2, -0.15) is 0 Å². The summed E-state index contributed by atoms with van der Waals surface area (Å²) in [5.74, 6) is 0.133. The van der Waals surface area contributed by atoms with E-state index in [9.17, 15) is 13.2 Å². The summed E-state index contributed by atoms with van der Waals surface area (Å²) in [6, 6.07) is 6.81. The first kappa shape index (κ1) is 16.5. The van der Waals surface area contributed by atoms with Crippen LogP contribution in [0.25, 0.3) is 0 Å². The van der Waals surface area contributed by atoms with Crippen molar-refractivity contribution in [3.8, 4) is 0 Å². The van der Waals surface area contributed by atoms with Crippen LogP contribution < -0.4 is 5.32 Å². The largest absolute Gasteiger partial charge is 0.383 e. The molecule has 0 saturated carbocycles. The minimum Gasteiger partial charge on any atom is -0.383 e. The summed E-state index contributed by atoms with van der Waals surface area (Å²) in [4.78, 5) is 13.3. The van der Waals surface area contributed by atoms with Crippen molar-refractivity contribution < 1.29 is 13.2 Å². The van der Waals surface area contributed by atoms with Crippen molar-refractivity contribution in [3.63, 3.8) is 0 Å². The Morgan fingerprint density at radius 2 is 1.90 bits per heavy atom. The number of para-hydroxylation sites is 1. The summed E-state index contributed by atoms with van der Waals surface area (Å²) in [6.07, 6.45) is 0.908. The molecule has 0 bridgehead atoms. The predicted molar refractivity (Wildman–Crippen MR) is 80.6 cm³/mol. The van der Waals surface area contributed by atoms with Gasteiger partial charge < -0.3 is 10.2 Å². The smallest absolute Gasteiger partial charge is 0.223 e. The van der Waals surface area contributed by atoms with Crippen LogP contribution in [0.1, 0.15) is 19.8 Å². The number of hydrogen-bond donors (Lipinski definition) is 1. The molecular formula is C14H22N2O3S. The standard InChI is InChI=1S/C14H22N2O3S/c1-4-11-20(18,19)13-8-6-5-7-12(13)15-10-9-14(17)16(2)3/h5-8,15H,4,9-11H2,1-3H3. The zero-order chi connectivity index (χ0) is 15.2. The summed E-state index contributed by atoms with van der Waals surface area (Å²) >= 11 is 0. The predicted octanol–water partition coefficient (Wildman–Crippen LogP) is 1.76. The zero-order valence-corrected chi connectivity index (χ0v) is 13.0. The fourth-order valence-corrected chi connectivity index (χ4v) is 3.31. The lowest BCUT2D eigenvalue weighted by Gasteiger charge is -2.13. The van der Waals surface area contributed by atoms with Gasteiger partial charge in [0.25, 0.3) is 0 Å². The number of carbonyl (C=O) groups excluding carboxylic acids is 1. The molecule has 0 aromatic heterocycles. The van der Waals surface area contributed by atoms with Crippen molar-refractivity contribution in [2.24, 2.45) is 0 Å². The van der Waals surface area contributed by atoms with Crippen molar-refractivity contribution in [2.75, 3.05) is 31.7 Å². The summed E-state index contributed by atoms with van der Waals surface area (Å²) in [5, 5.41) is 3.04. The number of carbonyl (C=O) groups is 1. The van der Waals surface area contributed by atoms with E-state index in [1.165, 1.54) is 4.90 Å². The quantitative estimate of drug-likeness (QED) is 0.833. The molecule has 5 nitrogen and oxygen atoms in total. The van der Waals surface area contributed by atoms with E-state index in [1.54, 1.807) is 38.4 Å². The van der Waals surface area contributed by atoms with Gasteiger partial charge in [-0.05, 0) is 18.6 Å². The van der Waals surface area contributed by atoms with Gasteiger partial charge >= 0.3 is 0 Å². The van der Waals surface area contributed by atoms with Crippen molar-refractivity contribution in [1.29, 1.82) is 0 Å². The minimum absolute atomic E-state index is 0.00592. The lowest BCUT2D eigenvalue weighted by Crippen LogP contribution is -2.24. The molecule has 1 aromatic carbocycles. The monoisotopic (exact) mass is 298 g/mol. The molecule has 0 unspecified atom stereocenters. The maximum Gasteiger partial charge on any atom is 0.223 e. The first-order valence-electron chi connectivity index (χ1n) is 6.64. The van der Waals surface area contributed by atoms with Gasteiger partial charge in [-0.1, -0.05) is 19.1 Å². The van der Waals surface area contributed by atoms with Crippen LogP contribution in [0.2, 0.25) is 0 Å². The number of amides is 1. The Kier molecular flexibility index (Phi) is 6.01. The van der Waals surface area contributed by atoms with Crippen LogP contribution in [-0.4, -0.2) is 45.6 Å². The molecule has 1 amide bonds. The summed E-state index contributed by atoms with van der Waals surface area (Å²) in [7, 11) is 0.127. The normalized spacial score (nSPS) is 11.2. The molecule has 1 rings (SSSR count). The summed E-state index contributed by atoms with van der Waals surface area (Å²) < 4.78 is 24.3. The van der Waals surface area contributed by atoms with Gasteiger partial charge in [-0.25, -0.2) is 8.42 Å². The number of nitrogens with zero attached hydrogens (tertiary/aromatic N) is 1. The highest BCUT2D eigenvalue weighted by atomic mass is 32.2. The molecular weight excluding hydrogens is 276 g/mol. The third kappa shape index (κ3) is 4.52. The Bertz CT molecular complexity index is 553. The van der Waals surface area contributed by atoms with Crippen molar-refractivity contribution in [3.05, 3.63) is 24.3 Å². The van der Waals surface area contributed by atoms with Gasteiger partial charge in [-0.15, -0.1) is 0 Å². The molecule has 112 valence electrons. The molecule has 0 saturated heterocycles. The first-order chi connectivity index (χ1) is 9.38. The van der Waals surface area contributed by atoms with E-state index < -0.39 is 9.84 Å². The SMILES string of the molecule is CCCS(=O)(=O)c1ccccc1NCCC(=O)N(C)C. The summed E-state index contributed by atoms with van der Waals surface area (Å²) in [6.45, 7) is 2.25. The molecule has 0 aliphatic heterocycles. The van der Waals surface area contributed by atoms with Gasteiger partial charge in [0, 0.05) is 27.1 Å². The van der Waals surface area contributed by atoms with E-state index in [4.69, 9.17) is 0 Å². The highest BCUT2D eigenvalue weighted by Gasteiger charge is 2.17. The average Bonchev–Trinajstić information content (AvgIpc) is 2.38. The van der Waals surface area contributed by atoms with Gasteiger partial charge in [0.1, 0.15) is 0 Å². The van der Waals surface area contributed by atoms with Crippen LogP contribution in [0.4, 0.5) is 5.69 Å².